The quantitative estimate of drug-likeness (QED) is 0.864. The van der Waals surface area contributed by atoms with Crippen molar-refractivity contribution in [1.82, 2.24) is 10.2 Å². The summed E-state index contributed by atoms with van der Waals surface area (Å²) in [5.74, 6) is 0.309. The van der Waals surface area contributed by atoms with Gasteiger partial charge in [-0.25, -0.2) is 0 Å². The molecule has 2 rings (SSSR count). The van der Waals surface area contributed by atoms with Crippen LogP contribution in [0.25, 0.3) is 0 Å². The average Bonchev–Trinajstić information content (AvgIpc) is 2.97. The van der Waals surface area contributed by atoms with E-state index in [9.17, 15) is 4.79 Å². The summed E-state index contributed by atoms with van der Waals surface area (Å²) in [7, 11) is 0. The van der Waals surface area contributed by atoms with Crippen molar-refractivity contribution in [3.05, 3.63) is 35.4 Å². The summed E-state index contributed by atoms with van der Waals surface area (Å²) in [5, 5.41) is 3.36. The van der Waals surface area contributed by atoms with E-state index in [2.05, 4.69) is 42.3 Å². The Hall–Kier alpha value is -1.35. The minimum absolute atomic E-state index is 0.309. The van der Waals surface area contributed by atoms with Gasteiger partial charge in [-0.15, -0.1) is 0 Å². The molecule has 1 aromatic rings. The highest BCUT2D eigenvalue weighted by Crippen LogP contribution is 2.14. The maximum Gasteiger partial charge on any atom is 0.223 e. The van der Waals surface area contributed by atoms with Gasteiger partial charge in [0.05, 0.1) is 0 Å². The van der Waals surface area contributed by atoms with Crippen LogP contribution in [0.4, 0.5) is 0 Å². The van der Waals surface area contributed by atoms with Crippen molar-refractivity contribution in [3.8, 4) is 0 Å². The van der Waals surface area contributed by atoms with Crippen LogP contribution in [0.3, 0.4) is 0 Å². The Bertz CT molecular complexity index is 438. The second-order valence-electron chi connectivity index (χ2n) is 5.66. The van der Waals surface area contributed by atoms with Gasteiger partial charge >= 0.3 is 0 Å². The van der Waals surface area contributed by atoms with E-state index in [1.54, 1.807) is 0 Å². The molecule has 1 unspecified atom stereocenters. The summed E-state index contributed by atoms with van der Waals surface area (Å²) in [5.41, 5.74) is 2.58. The molecule has 1 amide bonds. The van der Waals surface area contributed by atoms with Gasteiger partial charge in [-0.3, -0.25) is 4.79 Å². The molecule has 0 aliphatic carbocycles. The fourth-order valence-corrected chi connectivity index (χ4v) is 2.93. The van der Waals surface area contributed by atoms with E-state index in [1.165, 1.54) is 11.1 Å². The first kappa shape index (κ1) is 15.0. The number of amides is 1. The molecule has 3 nitrogen and oxygen atoms in total. The van der Waals surface area contributed by atoms with Gasteiger partial charge in [-0.1, -0.05) is 31.2 Å². The Balaban J connectivity index is 1.93. The summed E-state index contributed by atoms with van der Waals surface area (Å²) in [4.78, 5) is 14.6. The maximum absolute atomic E-state index is 12.5. The second kappa shape index (κ2) is 7.44. The normalized spacial score (nSPS) is 18.2. The molecule has 110 valence electrons. The first-order valence-corrected chi connectivity index (χ1v) is 7.77. The third kappa shape index (κ3) is 3.83. The summed E-state index contributed by atoms with van der Waals surface area (Å²) in [6.07, 6.45) is 3.61. The lowest BCUT2D eigenvalue weighted by Crippen LogP contribution is -2.42. The molecule has 1 heterocycles. The zero-order chi connectivity index (χ0) is 14.4. The smallest absolute Gasteiger partial charge is 0.223 e. The highest BCUT2D eigenvalue weighted by atomic mass is 16.2. The average molecular weight is 274 g/mol. The number of hydrogen-bond donors (Lipinski definition) is 1. The number of nitrogens with zero attached hydrogens (tertiary/aromatic N) is 1. The lowest BCUT2D eigenvalue weighted by atomic mass is 10.0. The highest BCUT2D eigenvalue weighted by molar-refractivity contribution is 5.77. The highest BCUT2D eigenvalue weighted by Gasteiger charge is 2.25. The second-order valence-corrected chi connectivity index (χ2v) is 5.66. The number of benzene rings is 1. The van der Waals surface area contributed by atoms with Crippen molar-refractivity contribution in [3.63, 3.8) is 0 Å². The fraction of sp³-hybridized carbons (Fsp3) is 0.588. The minimum atomic E-state index is 0.309. The summed E-state index contributed by atoms with van der Waals surface area (Å²) < 4.78 is 0. The van der Waals surface area contributed by atoms with E-state index in [0.29, 0.717) is 18.4 Å². The Kier molecular flexibility index (Phi) is 5.60. The fourth-order valence-electron chi connectivity index (χ4n) is 2.93. The number of nitrogens with one attached hydrogen (secondary N) is 1. The van der Waals surface area contributed by atoms with Crippen molar-refractivity contribution in [1.29, 1.82) is 0 Å². The molecule has 20 heavy (non-hydrogen) atoms. The SMILES string of the molecule is CCCN(C(=O)CCc1ccccc1C)C1CCNC1. The van der Waals surface area contributed by atoms with Crippen LogP contribution >= 0.6 is 0 Å². The Labute approximate surface area is 122 Å². The maximum atomic E-state index is 12.5. The first-order valence-electron chi connectivity index (χ1n) is 7.77. The predicted molar refractivity (Wildman–Crippen MR) is 82.8 cm³/mol. The number of aryl methyl sites for hydroxylation is 2. The van der Waals surface area contributed by atoms with E-state index in [-0.39, 0.29) is 0 Å². The Morgan fingerprint density at radius 2 is 2.20 bits per heavy atom. The van der Waals surface area contributed by atoms with Crippen LogP contribution in [0.15, 0.2) is 24.3 Å². The minimum Gasteiger partial charge on any atom is -0.338 e. The molecule has 0 aromatic heterocycles. The third-order valence-corrected chi connectivity index (χ3v) is 4.13. The Morgan fingerprint density at radius 3 is 2.85 bits per heavy atom. The molecular weight excluding hydrogens is 248 g/mol. The molecule has 1 aliphatic rings. The van der Waals surface area contributed by atoms with Crippen LogP contribution in [0.2, 0.25) is 0 Å². The molecule has 0 saturated carbocycles. The van der Waals surface area contributed by atoms with Crippen LogP contribution in [0, 0.1) is 6.92 Å². The van der Waals surface area contributed by atoms with E-state index in [4.69, 9.17) is 0 Å². The third-order valence-electron chi connectivity index (χ3n) is 4.13. The number of rotatable bonds is 6. The first-order chi connectivity index (χ1) is 9.72. The van der Waals surface area contributed by atoms with Gasteiger partial charge in [0, 0.05) is 25.6 Å². The van der Waals surface area contributed by atoms with Gasteiger partial charge in [0.1, 0.15) is 0 Å². The predicted octanol–water partition coefficient (Wildman–Crippen LogP) is 2.53. The molecule has 0 spiro atoms. The summed E-state index contributed by atoms with van der Waals surface area (Å²) >= 11 is 0. The summed E-state index contributed by atoms with van der Waals surface area (Å²) in [6.45, 7) is 7.14. The van der Waals surface area contributed by atoms with Crippen molar-refractivity contribution >= 4 is 5.91 Å². The molecule has 1 fully saturated rings. The molecule has 0 bridgehead atoms. The van der Waals surface area contributed by atoms with Crippen LogP contribution in [-0.2, 0) is 11.2 Å². The molecule has 1 N–H and O–H groups in total. The summed E-state index contributed by atoms with van der Waals surface area (Å²) in [6, 6.07) is 8.75. The number of hydrogen-bond acceptors (Lipinski definition) is 2. The molecule has 1 saturated heterocycles. The molecule has 1 aromatic carbocycles. The van der Waals surface area contributed by atoms with E-state index >= 15 is 0 Å². The van der Waals surface area contributed by atoms with E-state index in [1.807, 2.05) is 6.07 Å². The van der Waals surface area contributed by atoms with Gasteiger partial charge in [0.15, 0.2) is 0 Å². The zero-order valence-corrected chi connectivity index (χ0v) is 12.7. The standard InChI is InChI=1S/C17H26N2O/c1-3-12-19(16-10-11-18-13-16)17(20)9-8-15-7-5-4-6-14(15)2/h4-7,16,18H,3,8-13H2,1-2H3. The van der Waals surface area contributed by atoms with Crippen LogP contribution in [-0.4, -0.2) is 36.5 Å². The molecule has 3 heteroatoms. The lowest BCUT2D eigenvalue weighted by molar-refractivity contribution is -0.133. The van der Waals surface area contributed by atoms with Gasteiger partial charge < -0.3 is 10.2 Å². The van der Waals surface area contributed by atoms with Crippen molar-refractivity contribution in [2.24, 2.45) is 0 Å². The van der Waals surface area contributed by atoms with E-state index in [0.717, 1.165) is 38.9 Å². The van der Waals surface area contributed by atoms with Crippen molar-refractivity contribution < 1.29 is 4.79 Å². The van der Waals surface area contributed by atoms with E-state index < -0.39 is 0 Å². The van der Waals surface area contributed by atoms with Crippen molar-refractivity contribution in [2.75, 3.05) is 19.6 Å². The molecular formula is C17H26N2O. The largest absolute Gasteiger partial charge is 0.338 e. The van der Waals surface area contributed by atoms with Crippen LogP contribution in [0.5, 0.6) is 0 Å². The number of carbonyl (C=O) groups is 1. The molecule has 1 aliphatic heterocycles. The van der Waals surface area contributed by atoms with Gasteiger partial charge in [-0.2, -0.15) is 0 Å². The van der Waals surface area contributed by atoms with Crippen LogP contribution in [0.1, 0.15) is 37.3 Å². The molecule has 0 radical (unpaired) electrons. The molecule has 1 atom stereocenters. The Morgan fingerprint density at radius 1 is 1.40 bits per heavy atom. The lowest BCUT2D eigenvalue weighted by Gasteiger charge is -2.28. The van der Waals surface area contributed by atoms with Crippen LogP contribution < -0.4 is 5.32 Å². The van der Waals surface area contributed by atoms with Gasteiger partial charge in [0.25, 0.3) is 0 Å². The topological polar surface area (TPSA) is 32.3 Å². The monoisotopic (exact) mass is 274 g/mol. The van der Waals surface area contributed by atoms with Crippen molar-refractivity contribution in [2.45, 2.75) is 45.6 Å². The zero-order valence-electron chi connectivity index (χ0n) is 12.7. The number of carbonyl (C=O) groups excluding carboxylic acids is 1. The van der Waals surface area contributed by atoms with Gasteiger partial charge in [-0.05, 0) is 43.9 Å². The van der Waals surface area contributed by atoms with Gasteiger partial charge in [0.2, 0.25) is 5.91 Å².